The van der Waals surface area contributed by atoms with E-state index in [0.29, 0.717) is 16.3 Å². The van der Waals surface area contributed by atoms with Crippen molar-refractivity contribution in [2.45, 2.75) is 0 Å². The molecule has 0 aliphatic rings. The van der Waals surface area contributed by atoms with Crippen LogP contribution in [-0.2, 0) is 0 Å². The zero-order chi connectivity index (χ0) is 11.5. The number of methoxy groups -OCH3 is 1. The maximum atomic E-state index is 11.0. The van der Waals surface area contributed by atoms with Gasteiger partial charge in [-0.15, -0.1) is 11.3 Å². The van der Waals surface area contributed by atoms with Crippen LogP contribution in [0.15, 0.2) is 29.6 Å². The van der Waals surface area contributed by atoms with Crippen LogP contribution in [0.3, 0.4) is 0 Å². The molecule has 0 unspecified atom stereocenters. The third-order valence-corrected chi connectivity index (χ3v) is 3.62. The molecule has 0 N–H and O–H groups in total. The van der Waals surface area contributed by atoms with Crippen molar-refractivity contribution in [3.8, 4) is 16.2 Å². The summed E-state index contributed by atoms with van der Waals surface area (Å²) in [6.07, 6.45) is 0.813. The SMILES string of the molecule is COc1ccc(-c2sccc2Cl)c(C=O)c1. The Bertz CT molecular complexity index is 519. The second kappa shape index (κ2) is 4.68. The summed E-state index contributed by atoms with van der Waals surface area (Å²) in [6.45, 7) is 0. The van der Waals surface area contributed by atoms with Crippen LogP contribution in [0.5, 0.6) is 5.75 Å². The van der Waals surface area contributed by atoms with E-state index in [-0.39, 0.29) is 0 Å². The van der Waals surface area contributed by atoms with E-state index in [0.717, 1.165) is 16.7 Å². The summed E-state index contributed by atoms with van der Waals surface area (Å²) in [6, 6.07) is 7.19. The Morgan fingerprint density at radius 3 is 2.75 bits per heavy atom. The lowest BCUT2D eigenvalue weighted by Gasteiger charge is -2.05. The van der Waals surface area contributed by atoms with Gasteiger partial charge in [0.15, 0.2) is 6.29 Å². The Labute approximate surface area is 102 Å². The van der Waals surface area contributed by atoms with Crippen molar-refractivity contribution < 1.29 is 9.53 Å². The molecule has 0 bridgehead atoms. The molecule has 0 fully saturated rings. The van der Waals surface area contributed by atoms with Crippen LogP contribution in [0.2, 0.25) is 5.02 Å². The number of hydrogen-bond acceptors (Lipinski definition) is 3. The van der Waals surface area contributed by atoms with Gasteiger partial charge < -0.3 is 4.74 Å². The molecule has 1 aromatic heterocycles. The molecule has 0 saturated carbocycles. The highest BCUT2D eigenvalue weighted by atomic mass is 35.5. The highest BCUT2D eigenvalue weighted by Crippen LogP contribution is 2.35. The van der Waals surface area contributed by atoms with Crippen LogP contribution >= 0.6 is 22.9 Å². The van der Waals surface area contributed by atoms with Crippen molar-refractivity contribution in [1.82, 2.24) is 0 Å². The first kappa shape index (κ1) is 11.2. The summed E-state index contributed by atoms with van der Waals surface area (Å²) >= 11 is 7.55. The van der Waals surface area contributed by atoms with Gasteiger partial charge in [0.25, 0.3) is 0 Å². The van der Waals surface area contributed by atoms with Crippen LogP contribution in [0.25, 0.3) is 10.4 Å². The van der Waals surface area contributed by atoms with Crippen molar-refractivity contribution in [3.63, 3.8) is 0 Å². The first-order chi connectivity index (χ1) is 7.76. The fourth-order valence-electron chi connectivity index (χ4n) is 1.46. The minimum absolute atomic E-state index is 0.587. The molecule has 16 heavy (non-hydrogen) atoms. The summed E-state index contributed by atoms with van der Waals surface area (Å²) in [7, 11) is 1.57. The number of aldehydes is 1. The highest BCUT2D eigenvalue weighted by Gasteiger charge is 2.10. The number of thiophene rings is 1. The number of ether oxygens (including phenoxy) is 1. The Hall–Kier alpha value is -1.32. The van der Waals surface area contributed by atoms with E-state index in [1.807, 2.05) is 23.6 Å². The zero-order valence-electron chi connectivity index (χ0n) is 8.57. The van der Waals surface area contributed by atoms with E-state index >= 15 is 0 Å². The van der Waals surface area contributed by atoms with Crippen LogP contribution in [0.1, 0.15) is 10.4 Å². The van der Waals surface area contributed by atoms with Gasteiger partial charge in [-0.25, -0.2) is 0 Å². The second-order valence-corrected chi connectivity index (χ2v) is 4.49. The number of benzene rings is 1. The maximum absolute atomic E-state index is 11.0. The lowest BCUT2D eigenvalue weighted by Crippen LogP contribution is -1.89. The van der Waals surface area contributed by atoms with E-state index in [1.54, 1.807) is 13.2 Å². The van der Waals surface area contributed by atoms with E-state index in [4.69, 9.17) is 16.3 Å². The fraction of sp³-hybridized carbons (Fsp3) is 0.0833. The number of carbonyl (C=O) groups excluding carboxylic acids is 1. The topological polar surface area (TPSA) is 26.3 Å². The third-order valence-electron chi connectivity index (χ3n) is 2.25. The Morgan fingerprint density at radius 1 is 1.38 bits per heavy atom. The lowest BCUT2D eigenvalue weighted by atomic mass is 10.1. The average molecular weight is 253 g/mol. The van der Waals surface area contributed by atoms with Gasteiger partial charge in [0, 0.05) is 11.1 Å². The van der Waals surface area contributed by atoms with E-state index in [2.05, 4.69) is 0 Å². The van der Waals surface area contributed by atoms with Gasteiger partial charge in [-0.05, 0) is 29.6 Å². The van der Waals surface area contributed by atoms with Crippen molar-refractivity contribution >= 4 is 29.2 Å². The van der Waals surface area contributed by atoms with E-state index < -0.39 is 0 Å². The molecule has 0 spiro atoms. The van der Waals surface area contributed by atoms with Gasteiger partial charge in [-0.3, -0.25) is 4.79 Å². The van der Waals surface area contributed by atoms with Gasteiger partial charge in [-0.2, -0.15) is 0 Å². The molecular formula is C12H9ClO2S. The molecule has 0 saturated heterocycles. The maximum Gasteiger partial charge on any atom is 0.150 e. The molecule has 2 rings (SSSR count). The molecule has 82 valence electrons. The molecule has 1 heterocycles. The van der Waals surface area contributed by atoms with Gasteiger partial charge in [0.1, 0.15) is 5.75 Å². The molecule has 2 nitrogen and oxygen atoms in total. The molecule has 0 radical (unpaired) electrons. The van der Waals surface area contributed by atoms with Gasteiger partial charge in [0.2, 0.25) is 0 Å². The van der Waals surface area contributed by atoms with Crippen molar-refractivity contribution in [1.29, 1.82) is 0 Å². The monoisotopic (exact) mass is 252 g/mol. The molecule has 0 aliphatic carbocycles. The summed E-state index contributed by atoms with van der Waals surface area (Å²) < 4.78 is 5.07. The van der Waals surface area contributed by atoms with Crippen LogP contribution in [-0.4, -0.2) is 13.4 Å². The Balaban J connectivity index is 2.57. The summed E-state index contributed by atoms with van der Waals surface area (Å²) in [5.74, 6) is 0.665. The molecule has 0 atom stereocenters. The van der Waals surface area contributed by atoms with Crippen molar-refractivity contribution in [3.05, 3.63) is 40.2 Å². The Kier molecular flexibility index (Phi) is 3.27. The molecule has 1 aromatic carbocycles. The molecule has 0 amide bonds. The van der Waals surface area contributed by atoms with Crippen molar-refractivity contribution in [2.24, 2.45) is 0 Å². The van der Waals surface area contributed by atoms with Gasteiger partial charge in [0.05, 0.1) is 17.0 Å². The van der Waals surface area contributed by atoms with Gasteiger partial charge >= 0.3 is 0 Å². The molecule has 2 aromatic rings. The number of halogens is 1. The summed E-state index contributed by atoms with van der Waals surface area (Å²) in [4.78, 5) is 11.9. The van der Waals surface area contributed by atoms with Crippen LogP contribution in [0, 0.1) is 0 Å². The molecule has 4 heteroatoms. The third kappa shape index (κ3) is 1.96. The second-order valence-electron chi connectivity index (χ2n) is 3.17. The largest absolute Gasteiger partial charge is 0.497 e. The first-order valence-corrected chi connectivity index (χ1v) is 5.88. The predicted octanol–water partition coefficient (Wildman–Crippen LogP) is 3.89. The lowest BCUT2D eigenvalue weighted by molar-refractivity contribution is 0.112. The number of hydrogen-bond donors (Lipinski definition) is 0. The van der Waals surface area contributed by atoms with Crippen LogP contribution < -0.4 is 4.74 Å². The first-order valence-electron chi connectivity index (χ1n) is 4.63. The summed E-state index contributed by atoms with van der Waals surface area (Å²) in [5.41, 5.74) is 1.43. The molecule has 0 aliphatic heterocycles. The quantitative estimate of drug-likeness (QED) is 0.775. The molecular weight excluding hydrogens is 244 g/mol. The summed E-state index contributed by atoms with van der Waals surface area (Å²) in [5, 5.41) is 2.56. The average Bonchev–Trinajstić information content (AvgIpc) is 2.74. The van der Waals surface area contributed by atoms with Gasteiger partial charge in [-0.1, -0.05) is 11.6 Å². The normalized spacial score (nSPS) is 10.1. The smallest absolute Gasteiger partial charge is 0.150 e. The number of rotatable bonds is 3. The van der Waals surface area contributed by atoms with E-state index in [1.165, 1.54) is 11.3 Å². The number of carbonyl (C=O) groups is 1. The zero-order valence-corrected chi connectivity index (χ0v) is 10.1. The Morgan fingerprint density at radius 2 is 2.19 bits per heavy atom. The minimum Gasteiger partial charge on any atom is -0.497 e. The fourth-order valence-corrected chi connectivity index (χ4v) is 2.66. The highest BCUT2D eigenvalue weighted by molar-refractivity contribution is 7.14. The van der Waals surface area contributed by atoms with Crippen molar-refractivity contribution in [2.75, 3.05) is 7.11 Å². The predicted molar refractivity (Wildman–Crippen MR) is 66.7 cm³/mol. The standard InChI is InChI=1S/C12H9ClO2S/c1-15-9-2-3-10(8(6-9)7-14)12-11(13)4-5-16-12/h2-7H,1H3. The van der Waals surface area contributed by atoms with Crippen LogP contribution in [0.4, 0.5) is 0 Å². The minimum atomic E-state index is 0.587. The van der Waals surface area contributed by atoms with E-state index in [9.17, 15) is 4.79 Å².